The first-order valence-electron chi connectivity index (χ1n) is 10.7. The number of nitrogens with one attached hydrogen (secondary N) is 2. The number of hydrogen-bond acceptors (Lipinski definition) is 8. The van der Waals surface area contributed by atoms with E-state index in [1.54, 1.807) is 32.6 Å². The summed E-state index contributed by atoms with van der Waals surface area (Å²) in [5.41, 5.74) is -0.414. The molecule has 10 nitrogen and oxygen atoms in total. The largest absolute Gasteiger partial charge is 0.444 e. The Bertz CT molecular complexity index is 945. The van der Waals surface area contributed by atoms with Crippen molar-refractivity contribution in [2.24, 2.45) is 0 Å². The lowest BCUT2D eigenvalue weighted by molar-refractivity contribution is 0.0293. The molecule has 1 saturated heterocycles. The van der Waals surface area contributed by atoms with Gasteiger partial charge < -0.3 is 25.4 Å². The molecule has 1 fully saturated rings. The van der Waals surface area contributed by atoms with Crippen LogP contribution >= 0.6 is 0 Å². The minimum Gasteiger partial charge on any atom is -0.444 e. The van der Waals surface area contributed by atoms with Gasteiger partial charge in [-0.1, -0.05) is 6.92 Å². The molecule has 3 heterocycles. The van der Waals surface area contributed by atoms with E-state index in [0.717, 1.165) is 6.33 Å². The van der Waals surface area contributed by atoms with Crippen molar-refractivity contribution in [2.45, 2.75) is 77.8 Å². The predicted molar refractivity (Wildman–Crippen MR) is 116 cm³/mol. The van der Waals surface area contributed by atoms with Crippen LogP contribution in [0.25, 0.3) is 11.2 Å². The smallest absolute Gasteiger partial charge is 0.410 e. The predicted octanol–water partition coefficient (Wildman–Crippen LogP) is 3.21. The fourth-order valence-electron chi connectivity index (χ4n) is 3.52. The first-order chi connectivity index (χ1) is 15.0. The van der Waals surface area contributed by atoms with Gasteiger partial charge in [0.25, 0.3) is 0 Å². The second-order valence-corrected chi connectivity index (χ2v) is 8.95. The normalized spacial score (nSPS) is 18.8. The molecule has 2 aromatic rings. The van der Waals surface area contributed by atoms with E-state index in [-0.39, 0.29) is 35.0 Å². The van der Waals surface area contributed by atoms with Gasteiger partial charge in [0.05, 0.1) is 12.1 Å². The van der Waals surface area contributed by atoms with Gasteiger partial charge in [-0.3, -0.25) is 4.57 Å². The van der Waals surface area contributed by atoms with Gasteiger partial charge in [0.1, 0.15) is 11.9 Å². The van der Waals surface area contributed by atoms with E-state index in [2.05, 4.69) is 25.6 Å². The van der Waals surface area contributed by atoms with Crippen LogP contribution in [0.5, 0.6) is 0 Å². The van der Waals surface area contributed by atoms with Crippen LogP contribution in [-0.4, -0.2) is 72.5 Å². The van der Waals surface area contributed by atoms with Crippen LogP contribution in [0.4, 0.5) is 25.3 Å². The number of likely N-dealkylation sites (tertiary alicyclic amines) is 1. The lowest BCUT2D eigenvalue weighted by Crippen LogP contribution is -2.36. The van der Waals surface area contributed by atoms with Crippen LogP contribution in [0, 0.1) is 0 Å². The quantitative estimate of drug-likeness (QED) is 0.583. The van der Waals surface area contributed by atoms with Gasteiger partial charge >= 0.3 is 12.6 Å². The number of aromatic nitrogens is 4. The lowest BCUT2D eigenvalue weighted by atomic mass is 10.1. The highest BCUT2D eigenvalue weighted by Crippen LogP contribution is 2.27. The zero-order chi connectivity index (χ0) is 23.6. The molecular formula is C20H31F2N7O3. The Morgan fingerprint density at radius 1 is 1.38 bits per heavy atom. The summed E-state index contributed by atoms with van der Waals surface area (Å²) in [4.78, 5) is 26.7. The second kappa shape index (κ2) is 9.39. The number of halogens is 2. The highest BCUT2D eigenvalue weighted by atomic mass is 19.3. The molecule has 0 radical (unpaired) electrons. The number of amides is 1. The molecule has 0 spiro atoms. The van der Waals surface area contributed by atoms with Gasteiger partial charge in [-0.25, -0.2) is 9.78 Å². The van der Waals surface area contributed by atoms with Gasteiger partial charge in [0, 0.05) is 19.1 Å². The topological polar surface area (TPSA) is 117 Å². The number of rotatable bonds is 7. The van der Waals surface area contributed by atoms with E-state index in [9.17, 15) is 18.7 Å². The molecule has 0 aliphatic carbocycles. The maximum absolute atomic E-state index is 13.5. The summed E-state index contributed by atoms with van der Waals surface area (Å²) in [5, 5.41) is 16.2. The van der Waals surface area contributed by atoms with Crippen LogP contribution in [0.3, 0.4) is 0 Å². The Balaban J connectivity index is 1.84. The van der Waals surface area contributed by atoms with Crippen LogP contribution in [-0.2, 0) is 4.74 Å². The van der Waals surface area contributed by atoms with Crippen molar-refractivity contribution in [1.29, 1.82) is 0 Å². The molecular weight excluding hydrogens is 424 g/mol. The number of nitrogens with zero attached hydrogens (tertiary/aromatic N) is 5. The number of alkyl halides is 2. The molecule has 32 heavy (non-hydrogen) atoms. The third kappa shape index (κ3) is 5.53. The Morgan fingerprint density at radius 2 is 2.09 bits per heavy atom. The van der Waals surface area contributed by atoms with Crippen molar-refractivity contribution in [1.82, 2.24) is 24.4 Å². The van der Waals surface area contributed by atoms with Crippen molar-refractivity contribution >= 4 is 29.0 Å². The number of imidazole rings is 1. The summed E-state index contributed by atoms with van der Waals surface area (Å²) < 4.78 is 33.0. The van der Waals surface area contributed by atoms with Gasteiger partial charge in [-0.2, -0.15) is 18.7 Å². The van der Waals surface area contributed by atoms with Gasteiger partial charge in [-0.15, -0.1) is 0 Å². The number of hydrogen-bond donors (Lipinski definition) is 3. The van der Waals surface area contributed by atoms with Crippen LogP contribution < -0.4 is 10.6 Å². The van der Waals surface area contributed by atoms with Gasteiger partial charge in [0.2, 0.25) is 5.95 Å². The van der Waals surface area contributed by atoms with Crippen molar-refractivity contribution < 1.29 is 23.4 Å². The molecule has 3 atom stereocenters. The van der Waals surface area contributed by atoms with E-state index in [1.165, 1.54) is 0 Å². The highest BCUT2D eigenvalue weighted by Gasteiger charge is 2.31. The monoisotopic (exact) mass is 455 g/mol. The van der Waals surface area contributed by atoms with Crippen LogP contribution in [0.1, 0.15) is 54.0 Å². The summed E-state index contributed by atoms with van der Waals surface area (Å²) in [5.74, 6) is 0.394. The van der Waals surface area contributed by atoms with Gasteiger partial charge in [0.15, 0.2) is 17.0 Å². The second-order valence-electron chi connectivity index (χ2n) is 8.95. The average molecular weight is 456 g/mol. The molecule has 0 bridgehead atoms. The Labute approximate surface area is 185 Å². The number of carbonyl (C=O) groups is 1. The summed E-state index contributed by atoms with van der Waals surface area (Å²) in [7, 11) is 0. The zero-order valence-electron chi connectivity index (χ0n) is 19.0. The SMILES string of the molecule is CC[C@H](Nc1nc(N[C@H]2CCN(C(=O)OC(C)(C)C)C2)c2ncn(C(F)F)c2n1)[C@@H](C)O. The highest BCUT2D eigenvalue weighted by molar-refractivity contribution is 5.84. The fraction of sp³-hybridized carbons (Fsp3) is 0.700. The Hall–Kier alpha value is -2.76. The molecule has 1 aliphatic heterocycles. The van der Waals surface area contributed by atoms with Crippen LogP contribution in [0.15, 0.2) is 6.33 Å². The molecule has 1 amide bonds. The van der Waals surface area contributed by atoms with Gasteiger partial charge in [-0.05, 0) is 40.5 Å². The first-order valence-corrected chi connectivity index (χ1v) is 10.7. The zero-order valence-corrected chi connectivity index (χ0v) is 19.0. The molecule has 0 unspecified atom stereocenters. The Kier molecular flexibility index (Phi) is 7.01. The van der Waals surface area contributed by atoms with E-state index >= 15 is 0 Å². The minimum absolute atomic E-state index is 0.0255. The van der Waals surface area contributed by atoms with Crippen molar-refractivity contribution in [2.75, 3.05) is 23.7 Å². The van der Waals surface area contributed by atoms with E-state index in [0.29, 0.717) is 30.5 Å². The van der Waals surface area contributed by atoms with Crippen molar-refractivity contribution in [3.8, 4) is 0 Å². The molecule has 178 valence electrons. The maximum atomic E-state index is 13.5. The third-order valence-electron chi connectivity index (χ3n) is 5.15. The molecule has 12 heteroatoms. The van der Waals surface area contributed by atoms with Crippen LogP contribution in [0.2, 0.25) is 0 Å². The number of aliphatic hydroxyl groups excluding tert-OH is 1. The van der Waals surface area contributed by atoms with Crippen molar-refractivity contribution in [3.63, 3.8) is 0 Å². The summed E-state index contributed by atoms with van der Waals surface area (Å²) in [6.45, 7) is 6.99. The molecule has 0 aromatic carbocycles. The van der Waals surface area contributed by atoms with E-state index < -0.39 is 24.3 Å². The third-order valence-corrected chi connectivity index (χ3v) is 5.15. The Morgan fingerprint density at radius 3 is 2.69 bits per heavy atom. The summed E-state index contributed by atoms with van der Waals surface area (Å²) in [6.07, 6.45) is 1.15. The summed E-state index contributed by atoms with van der Waals surface area (Å²) >= 11 is 0. The first kappa shape index (κ1) is 23.9. The lowest BCUT2D eigenvalue weighted by Gasteiger charge is -2.24. The number of anilines is 2. The molecule has 0 saturated carbocycles. The summed E-state index contributed by atoms with van der Waals surface area (Å²) in [6, 6.07) is -0.513. The number of carbonyl (C=O) groups excluding carboxylic acids is 1. The molecule has 3 N–H and O–H groups in total. The standard InChI is InChI=1S/C20H31F2N7O3/c1-6-13(11(2)30)25-18-26-15(14-16(27-18)29(10-23-14)17(21)22)24-12-7-8-28(9-12)19(31)32-20(3,4)5/h10-13,17,30H,6-9H2,1-5H3,(H2,24,25,26,27)/t11-,12+,13+/m1/s1. The minimum atomic E-state index is -2.82. The van der Waals surface area contributed by atoms with E-state index in [1.807, 2.05) is 6.92 Å². The molecule has 1 aliphatic rings. The number of fused-ring (bicyclic) bond motifs is 1. The number of aliphatic hydroxyl groups is 1. The average Bonchev–Trinajstić information content (AvgIpc) is 3.31. The molecule has 2 aromatic heterocycles. The fourth-order valence-corrected chi connectivity index (χ4v) is 3.52. The van der Waals surface area contributed by atoms with E-state index in [4.69, 9.17) is 4.74 Å². The molecule has 3 rings (SSSR count). The maximum Gasteiger partial charge on any atom is 0.410 e. The number of ether oxygens (including phenoxy) is 1. The van der Waals surface area contributed by atoms with Crippen molar-refractivity contribution in [3.05, 3.63) is 6.33 Å².